The molecule has 5 heteroatoms. The van der Waals surface area contributed by atoms with Crippen LogP contribution >= 0.6 is 23.5 Å². The van der Waals surface area contributed by atoms with Crippen LogP contribution in [0, 0.1) is 0 Å². The molecule has 134 valence electrons. The Morgan fingerprint density at radius 1 is 0.731 bits per heavy atom. The predicted molar refractivity (Wildman–Crippen MR) is 109 cm³/mol. The lowest BCUT2D eigenvalue weighted by atomic mass is 10.3. The van der Waals surface area contributed by atoms with Crippen molar-refractivity contribution < 1.29 is 10.2 Å². The number of benzene rings is 3. The van der Waals surface area contributed by atoms with E-state index in [-0.39, 0.29) is 6.61 Å². The molecule has 0 spiro atoms. The first-order valence-corrected chi connectivity index (χ1v) is 10.00. The summed E-state index contributed by atoms with van der Waals surface area (Å²) < 4.78 is 0. The van der Waals surface area contributed by atoms with Gasteiger partial charge in [0.2, 0.25) is 0 Å². The van der Waals surface area contributed by atoms with Crippen LogP contribution in [0.5, 0.6) is 0 Å². The van der Waals surface area contributed by atoms with Crippen LogP contribution in [-0.2, 0) is 0 Å². The molecule has 1 unspecified atom stereocenters. The summed E-state index contributed by atoms with van der Waals surface area (Å²) in [7, 11) is 0. The molecule has 0 aromatic heterocycles. The quantitative estimate of drug-likeness (QED) is 0.524. The molecule has 0 aliphatic rings. The van der Waals surface area contributed by atoms with E-state index in [9.17, 15) is 5.11 Å². The molecule has 0 aliphatic carbocycles. The average molecular weight is 384 g/mol. The maximum Gasteiger partial charge on any atom is 0.0942 e. The van der Waals surface area contributed by atoms with Crippen LogP contribution in [0.3, 0.4) is 0 Å². The third-order valence-electron chi connectivity index (χ3n) is 3.59. The maximum atomic E-state index is 9.61. The van der Waals surface area contributed by atoms with Gasteiger partial charge in [0.15, 0.2) is 0 Å². The number of hydrogen-bond donors (Lipinski definition) is 3. The van der Waals surface area contributed by atoms with Gasteiger partial charge in [0.1, 0.15) is 0 Å². The zero-order valence-corrected chi connectivity index (χ0v) is 15.8. The standard InChI is InChI=1S/C21H21NO2S2/c23-15-17(24)14-22-16-11-20(25-18-7-3-1-4-8-18)13-21(12-16)26-19-9-5-2-6-10-19/h1-13,17,22-24H,14-15H2. The summed E-state index contributed by atoms with van der Waals surface area (Å²) in [5.41, 5.74) is 0.928. The first-order valence-electron chi connectivity index (χ1n) is 8.36. The summed E-state index contributed by atoms with van der Waals surface area (Å²) in [4.78, 5) is 4.60. The zero-order chi connectivity index (χ0) is 18.2. The van der Waals surface area contributed by atoms with E-state index in [1.54, 1.807) is 23.5 Å². The molecule has 0 amide bonds. The van der Waals surface area contributed by atoms with Crippen LogP contribution in [0.2, 0.25) is 0 Å². The summed E-state index contributed by atoms with van der Waals surface area (Å²) >= 11 is 3.40. The minimum Gasteiger partial charge on any atom is -0.394 e. The molecule has 0 heterocycles. The first kappa shape index (κ1) is 18.9. The summed E-state index contributed by atoms with van der Waals surface area (Å²) in [6, 6.07) is 26.8. The van der Waals surface area contributed by atoms with Crippen LogP contribution in [0.1, 0.15) is 0 Å². The topological polar surface area (TPSA) is 52.5 Å². The van der Waals surface area contributed by atoms with Gasteiger partial charge in [0.25, 0.3) is 0 Å². The van der Waals surface area contributed by atoms with E-state index >= 15 is 0 Å². The Labute approximate surface area is 162 Å². The number of hydrogen-bond acceptors (Lipinski definition) is 5. The molecule has 3 nitrogen and oxygen atoms in total. The van der Waals surface area contributed by atoms with E-state index in [1.807, 2.05) is 36.4 Å². The summed E-state index contributed by atoms with van der Waals surface area (Å²) in [5, 5.41) is 21.8. The van der Waals surface area contributed by atoms with E-state index in [0.29, 0.717) is 6.54 Å². The smallest absolute Gasteiger partial charge is 0.0942 e. The molecule has 26 heavy (non-hydrogen) atoms. The molecule has 0 fully saturated rings. The van der Waals surface area contributed by atoms with E-state index in [2.05, 4.69) is 47.8 Å². The van der Waals surface area contributed by atoms with Crippen molar-refractivity contribution in [3.8, 4) is 0 Å². The lowest BCUT2D eigenvalue weighted by Crippen LogP contribution is -2.22. The third-order valence-corrected chi connectivity index (χ3v) is 5.55. The molecule has 3 aromatic carbocycles. The number of aliphatic hydroxyl groups is 2. The Kier molecular flexibility index (Phi) is 7.03. The fourth-order valence-corrected chi connectivity index (χ4v) is 4.29. The monoisotopic (exact) mass is 383 g/mol. The van der Waals surface area contributed by atoms with Gasteiger partial charge in [-0.3, -0.25) is 0 Å². The van der Waals surface area contributed by atoms with Gasteiger partial charge in [0, 0.05) is 31.8 Å². The minimum atomic E-state index is -0.773. The van der Waals surface area contributed by atoms with E-state index in [0.717, 1.165) is 15.5 Å². The molecule has 0 saturated carbocycles. The average Bonchev–Trinajstić information content (AvgIpc) is 2.67. The SMILES string of the molecule is OCC(O)CNc1cc(Sc2ccccc2)cc(Sc2ccccc2)c1. The van der Waals surface area contributed by atoms with Crippen LogP contribution in [0.15, 0.2) is 98.4 Å². The van der Waals surface area contributed by atoms with E-state index in [4.69, 9.17) is 5.11 Å². The van der Waals surface area contributed by atoms with Crippen LogP contribution in [-0.4, -0.2) is 29.5 Å². The Balaban J connectivity index is 1.83. The summed E-state index contributed by atoms with van der Waals surface area (Å²) in [6.07, 6.45) is -0.773. The highest BCUT2D eigenvalue weighted by Gasteiger charge is 2.07. The first-order chi connectivity index (χ1) is 12.7. The number of rotatable bonds is 8. The van der Waals surface area contributed by atoms with E-state index in [1.165, 1.54) is 9.79 Å². The zero-order valence-electron chi connectivity index (χ0n) is 14.2. The second kappa shape index (κ2) is 9.69. The van der Waals surface area contributed by atoms with Gasteiger partial charge in [-0.25, -0.2) is 0 Å². The molecule has 0 saturated heterocycles. The molecule has 3 N–H and O–H groups in total. The van der Waals surface area contributed by atoms with Crippen molar-refractivity contribution in [1.29, 1.82) is 0 Å². The van der Waals surface area contributed by atoms with Crippen LogP contribution in [0.25, 0.3) is 0 Å². The van der Waals surface area contributed by atoms with Crippen LogP contribution in [0.4, 0.5) is 5.69 Å². The highest BCUT2D eigenvalue weighted by atomic mass is 32.2. The summed E-state index contributed by atoms with van der Waals surface area (Å²) in [6.45, 7) is 0.0580. The number of nitrogens with one attached hydrogen (secondary N) is 1. The molecule has 1 atom stereocenters. The van der Waals surface area contributed by atoms with Gasteiger partial charge >= 0.3 is 0 Å². The van der Waals surface area contributed by atoms with Crippen molar-refractivity contribution in [1.82, 2.24) is 0 Å². The molecule has 0 radical (unpaired) electrons. The molecular formula is C21H21NO2S2. The van der Waals surface area contributed by atoms with Crippen molar-refractivity contribution in [3.05, 3.63) is 78.9 Å². The Morgan fingerprint density at radius 3 is 1.69 bits per heavy atom. The van der Waals surface area contributed by atoms with Crippen molar-refractivity contribution in [2.24, 2.45) is 0 Å². The molecule has 0 bridgehead atoms. The maximum absolute atomic E-state index is 9.61. The second-order valence-electron chi connectivity index (χ2n) is 5.74. The molecular weight excluding hydrogens is 362 g/mol. The van der Waals surface area contributed by atoms with Gasteiger partial charge in [0.05, 0.1) is 12.7 Å². The molecule has 3 rings (SSSR count). The molecule has 3 aromatic rings. The van der Waals surface area contributed by atoms with Gasteiger partial charge < -0.3 is 15.5 Å². The normalized spacial score (nSPS) is 11.9. The highest BCUT2D eigenvalue weighted by molar-refractivity contribution is 8.00. The van der Waals surface area contributed by atoms with Gasteiger partial charge in [-0.2, -0.15) is 0 Å². The van der Waals surface area contributed by atoms with E-state index < -0.39 is 6.10 Å². The Morgan fingerprint density at radius 2 is 1.23 bits per heavy atom. The second-order valence-corrected chi connectivity index (χ2v) is 8.03. The van der Waals surface area contributed by atoms with Gasteiger partial charge in [-0.1, -0.05) is 59.9 Å². The van der Waals surface area contributed by atoms with Gasteiger partial charge in [-0.05, 0) is 42.5 Å². The lowest BCUT2D eigenvalue weighted by molar-refractivity contribution is 0.105. The number of anilines is 1. The fraction of sp³-hybridized carbons (Fsp3) is 0.143. The molecule has 0 aliphatic heterocycles. The van der Waals surface area contributed by atoms with Crippen molar-refractivity contribution in [3.63, 3.8) is 0 Å². The van der Waals surface area contributed by atoms with Crippen molar-refractivity contribution in [2.75, 3.05) is 18.5 Å². The summed E-state index contributed by atoms with van der Waals surface area (Å²) in [5.74, 6) is 0. The largest absolute Gasteiger partial charge is 0.394 e. The number of aliphatic hydroxyl groups excluding tert-OH is 2. The Bertz CT molecular complexity index is 753. The Hall–Kier alpha value is -1.92. The van der Waals surface area contributed by atoms with Gasteiger partial charge in [-0.15, -0.1) is 0 Å². The lowest BCUT2D eigenvalue weighted by Gasteiger charge is -2.13. The highest BCUT2D eigenvalue weighted by Crippen LogP contribution is 2.36. The van der Waals surface area contributed by atoms with Crippen molar-refractivity contribution >= 4 is 29.2 Å². The van der Waals surface area contributed by atoms with Crippen LogP contribution < -0.4 is 5.32 Å². The van der Waals surface area contributed by atoms with Crippen molar-refractivity contribution in [2.45, 2.75) is 25.7 Å². The fourth-order valence-electron chi connectivity index (χ4n) is 2.34. The predicted octanol–water partition coefficient (Wildman–Crippen LogP) is 4.75. The minimum absolute atomic E-state index is 0.253. The third kappa shape index (κ3) is 5.81.